The lowest BCUT2D eigenvalue weighted by molar-refractivity contribution is 0.434. The van der Waals surface area contributed by atoms with Crippen molar-refractivity contribution < 1.29 is 0 Å². The number of rotatable bonds is 2. The minimum Gasteiger partial charge on any atom is -0.295 e. The van der Waals surface area contributed by atoms with E-state index in [2.05, 4.69) is 22.3 Å². The highest BCUT2D eigenvalue weighted by molar-refractivity contribution is 5.25. The third-order valence-electron chi connectivity index (χ3n) is 2.90. The lowest BCUT2D eigenvalue weighted by atomic mass is 9.91. The van der Waals surface area contributed by atoms with Gasteiger partial charge in [-0.1, -0.05) is 12.0 Å². The Morgan fingerprint density at radius 3 is 3.33 bits per heavy atom. The van der Waals surface area contributed by atoms with Crippen molar-refractivity contribution >= 4 is 0 Å². The Balaban J connectivity index is 2.19. The summed E-state index contributed by atoms with van der Waals surface area (Å²) in [5, 5.41) is 3.43. The summed E-state index contributed by atoms with van der Waals surface area (Å²) in [7, 11) is 0. The summed E-state index contributed by atoms with van der Waals surface area (Å²) >= 11 is 0. The van der Waals surface area contributed by atoms with Gasteiger partial charge in [0.1, 0.15) is 0 Å². The van der Waals surface area contributed by atoms with Crippen molar-refractivity contribution in [1.29, 1.82) is 0 Å². The summed E-state index contributed by atoms with van der Waals surface area (Å²) in [4.78, 5) is 4.46. The summed E-state index contributed by atoms with van der Waals surface area (Å²) in [6.45, 7) is 2.01. The molecule has 1 aromatic heterocycles. The van der Waals surface area contributed by atoms with Crippen molar-refractivity contribution in [2.45, 2.75) is 38.3 Å². The van der Waals surface area contributed by atoms with E-state index in [0.717, 1.165) is 12.8 Å². The summed E-state index contributed by atoms with van der Waals surface area (Å²) < 4.78 is 0. The molecule has 0 saturated heterocycles. The van der Waals surface area contributed by atoms with Crippen LogP contribution in [0.2, 0.25) is 0 Å². The summed E-state index contributed by atoms with van der Waals surface area (Å²) in [5.74, 6) is 2.70. The van der Waals surface area contributed by atoms with Gasteiger partial charge in [-0.3, -0.25) is 10.3 Å². The monoisotopic (exact) mass is 200 g/mol. The molecule has 0 saturated carbocycles. The van der Waals surface area contributed by atoms with Crippen molar-refractivity contribution in [2.75, 3.05) is 0 Å². The number of terminal acetylenes is 1. The van der Waals surface area contributed by atoms with Crippen LogP contribution in [-0.2, 0) is 6.42 Å². The first kappa shape index (κ1) is 10.2. The Bertz CT molecular complexity index is 378. The number of nitrogens with one attached hydrogen (secondary N) is 1. The molecule has 1 heterocycles. The third kappa shape index (κ3) is 2.19. The van der Waals surface area contributed by atoms with Gasteiger partial charge in [0.2, 0.25) is 0 Å². The van der Waals surface area contributed by atoms with Gasteiger partial charge in [0, 0.05) is 6.20 Å². The maximum atomic E-state index is 5.38. The van der Waals surface area contributed by atoms with Gasteiger partial charge < -0.3 is 0 Å². The van der Waals surface area contributed by atoms with Crippen LogP contribution in [0.15, 0.2) is 18.3 Å². The Morgan fingerprint density at radius 1 is 1.67 bits per heavy atom. The van der Waals surface area contributed by atoms with Crippen LogP contribution >= 0.6 is 0 Å². The molecular weight excluding hydrogens is 184 g/mol. The largest absolute Gasteiger partial charge is 0.295 e. The highest BCUT2D eigenvalue weighted by atomic mass is 15.0. The number of hydrogen-bond donors (Lipinski definition) is 1. The van der Waals surface area contributed by atoms with Crippen LogP contribution in [0.1, 0.15) is 37.1 Å². The fourth-order valence-electron chi connectivity index (χ4n) is 2.12. The first-order valence-corrected chi connectivity index (χ1v) is 5.47. The summed E-state index contributed by atoms with van der Waals surface area (Å²) in [6.07, 6.45) is 10.7. The Kier molecular flexibility index (Phi) is 3.03. The van der Waals surface area contributed by atoms with E-state index >= 15 is 0 Å². The molecule has 2 rings (SSSR count). The maximum absolute atomic E-state index is 5.38. The summed E-state index contributed by atoms with van der Waals surface area (Å²) in [5.41, 5.74) is 2.55. The second-order valence-corrected chi connectivity index (χ2v) is 4.05. The molecule has 0 amide bonds. The van der Waals surface area contributed by atoms with Crippen LogP contribution in [0.3, 0.4) is 0 Å². The van der Waals surface area contributed by atoms with Crippen molar-refractivity contribution in [1.82, 2.24) is 10.3 Å². The van der Waals surface area contributed by atoms with Crippen LogP contribution in [0.4, 0.5) is 0 Å². The molecule has 2 atom stereocenters. The molecule has 1 aliphatic rings. The van der Waals surface area contributed by atoms with Gasteiger partial charge in [0.15, 0.2) is 0 Å². The first-order valence-electron chi connectivity index (χ1n) is 5.47. The average molecular weight is 200 g/mol. The highest BCUT2D eigenvalue weighted by Crippen LogP contribution is 2.27. The third-order valence-corrected chi connectivity index (χ3v) is 2.90. The predicted molar refractivity (Wildman–Crippen MR) is 61.3 cm³/mol. The molecule has 78 valence electrons. The molecule has 2 unspecified atom stereocenters. The molecule has 15 heavy (non-hydrogen) atoms. The number of aromatic nitrogens is 1. The molecule has 2 heteroatoms. The van der Waals surface area contributed by atoms with Crippen molar-refractivity contribution in [2.24, 2.45) is 0 Å². The standard InChI is InChI=1S/C13H16N2/c1-3-10(2)15-12-8-4-6-11-7-5-9-14-13(11)12/h1,5,7,9-10,12,15H,4,6,8H2,2H3. The van der Waals surface area contributed by atoms with E-state index in [1.165, 1.54) is 17.7 Å². The fraction of sp³-hybridized carbons (Fsp3) is 0.462. The average Bonchev–Trinajstić information content (AvgIpc) is 2.29. The smallest absolute Gasteiger partial charge is 0.0663 e. The molecule has 0 aliphatic heterocycles. The topological polar surface area (TPSA) is 24.9 Å². The number of hydrogen-bond acceptors (Lipinski definition) is 2. The fourth-order valence-corrected chi connectivity index (χ4v) is 2.12. The van der Waals surface area contributed by atoms with E-state index in [-0.39, 0.29) is 6.04 Å². The molecule has 0 fully saturated rings. The lowest BCUT2D eigenvalue weighted by Crippen LogP contribution is -2.32. The zero-order valence-corrected chi connectivity index (χ0v) is 9.03. The first-order chi connectivity index (χ1) is 7.31. The number of nitrogens with zero attached hydrogens (tertiary/aromatic N) is 1. The van der Waals surface area contributed by atoms with Crippen LogP contribution in [0, 0.1) is 12.3 Å². The summed E-state index contributed by atoms with van der Waals surface area (Å²) in [6, 6.07) is 4.62. The van der Waals surface area contributed by atoms with Crippen LogP contribution in [-0.4, -0.2) is 11.0 Å². The lowest BCUT2D eigenvalue weighted by Gasteiger charge is -2.26. The minimum atomic E-state index is 0.114. The Labute approximate surface area is 91.1 Å². The highest BCUT2D eigenvalue weighted by Gasteiger charge is 2.21. The molecule has 1 aromatic rings. The second-order valence-electron chi connectivity index (χ2n) is 4.05. The Hall–Kier alpha value is -1.33. The molecule has 0 spiro atoms. The van der Waals surface area contributed by atoms with Gasteiger partial charge in [-0.2, -0.15) is 0 Å². The molecule has 0 radical (unpaired) electrons. The maximum Gasteiger partial charge on any atom is 0.0663 e. The van der Waals surface area contributed by atoms with Gasteiger partial charge in [0.05, 0.1) is 17.8 Å². The van der Waals surface area contributed by atoms with E-state index in [1.54, 1.807) is 0 Å². The van der Waals surface area contributed by atoms with Crippen LogP contribution in [0.5, 0.6) is 0 Å². The quantitative estimate of drug-likeness (QED) is 0.739. The minimum absolute atomic E-state index is 0.114. The van der Waals surface area contributed by atoms with E-state index in [4.69, 9.17) is 6.42 Å². The molecule has 0 aromatic carbocycles. The zero-order valence-electron chi connectivity index (χ0n) is 9.03. The van der Waals surface area contributed by atoms with E-state index in [1.807, 2.05) is 19.2 Å². The van der Waals surface area contributed by atoms with Gasteiger partial charge in [0.25, 0.3) is 0 Å². The normalized spacial score (nSPS) is 21.5. The van der Waals surface area contributed by atoms with Gasteiger partial charge >= 0.3 is 0 Å². The Morgan fingerprint density at radius 2 is 2.53 bits per heavy atom. The number of fused-ring (bicyclic) bond motifs is 1. The number of aryl methyl sites for hydroxylation is 1. The molecule has 1 N–H and O–H groups in total. The van der Waals surface area contributed by atoms with Gasteiger partial charge in [-0.15, -0.1) is 6.42 Å². The van der Waals surface area contributed by atoms with E-state index < -0.39 is 0 Å². The van der Waals surface area contributed by atoms with Crippen LogP contribution in [0.25, 0.3) is 0 Å². The van der Waals surface area contributed by atoms with E-state index in [0.29, 0.717) is 6.04 Å². The zero-order chi connectivity index (χ0) is 10.7. The van der Waals surface area contributed by atoms with Crippen molar-refractivity contribution in [3.8, 4) is 12.3 Å². The second kappa shape index (κ2) is 4.46. The van der Waals surface area contributed by atoms with E-state index in [9.17, 15) is 0 Å². The van der Waals surface area contributed by atoms with Crippen LogP contribution < -0.4 is 5.32 Å². The van der Waals surface area contributed by atoms with Gasteiger partial charge in [-0.25, -0.2) is 0 Å². The molecule has 0 bridgehead atoms. The molecular formula is C13H16N2. The molecule has 1 aliphatic carbocycles. The number of pyridine rings is 1. The van der Waals surface area contributed by atoms with Crippen molar-refractivity contribution in [3.63, 3.8) is 0 Å². The molecule has 2 nitrogen and oxygen atoms in total. The van der Waals surface area contributed by atoms with Crippen molar-refractivity contribution in [3.05, 3.63) is 29.6 Å². The van der Waals surface area contributed by atoms with Gasteiger partial charge in [-0.05, 0) is 37.8 Å². The predicted octanol–water partition coefficient (Wildman–Crippen LogP) is 2.07. The SMILES string of the molecule is C#CC(C)NC1CCCc2cccnc21.